The average Bonchev–Trinajstić information content (AvgIpc) is 2.78. The molecular formula is C22H27Cl2F4N3O2S2. The molecule has 0 aromatic carbocycles. The second-order valence-corrected chi connectivity index (χ2v) is 10.5. The van der Waals surface area contributed by atoms with Crippen molar-refractivity contribution in [3.8, 4) is 0 Å². The van der Waals surface area contributed by atoms with E-state index in [0.29, 0.717) is 31.0 Å². The molecule has 0 unspecified atom stereocenters. The maximum absolute atomic E-state index is 13.8. The highest BCUT2D eigenvalue weighted by Crippen LogP contribution is 2.17. The van der Waals surface area contributed by atoms with Crippen LogP contribution in [0.4, 0.5) is 17.6 Å². The zero-order valence-electron chi connectivity index (χ0n) is 19.4. The molecule has 1 atom stereocenters. The third kappa shape index (κ3) is 11.8. The van der Waals surface area contributed by atoms with E-state index in [0.717, 1.165) is 24.3 Å². The lowest BCUT2D eigenvalue weighted by Gasteiger charge is -2.15. The van der Waals surface area contributed by atoms with Crippen LogP contribution in [0.15, 0.2) is 28.7 Å². The molecular weight excluding hydrogens is 549 g/mol. The van der Waals surface area contributed by atoms with Gasteiger partial charge in [0.05, 0.1) is 10.5 Å². The Labute approximate surface area is 221 Å². The maximum atomic E-state index is 13.8. The fraction of sp³-hybridized carbons (Fsp3) is 0.455. The molecule has 35 heavy (non-hydrogen) atoms. The van der Waals surface area contributed by atoms with Crippen LogP contribution in [0.25, 0.3) is 0 Å². The Hall–Kier alpha value is -1.56. The second-order valence-electron chi connectivity index (χ2n) is 7.84. The first kappa shape index (κ1) is 33.4. The summed E-state index contributed by atoms with van der Waals surface area (Å²) in [5.74, 6) is -3.03. The monoisotopic (exact) mass is 575 g/mol. The smallest absolute Gasteiger partial charge is 0.213 e. The standard InChI is InChI=1S/C13H17ClF2N2OS.C9H8ClF2NO.H2S/c1-13(2,3)20(19)18-10(5-4-8-14)12-9(15)6-7-11(16)17-12;10-5-1-2-7(14)9-6(11)3-4-8(12)13-9;/h6-7H,4-5,8H2,1-3H3;3-4H,1-2,5H2;1H2/t20-;;/m0../s1. The Bertz CT molecular complexity index is 1040. The third-order valence-corrected chi connectivity index (χ3v) is 5.93. The summed E-state index contributed by atoms with van der Waals surface area (Å²) in [6.07, 6.45) is 1.31. The molecule has 2 heterocycles. The molecule has 0 saturated carbocycles. The Balaban J connectivity index is 0.000000680. The highest BCUT2D eigenvalue weighted by atomic mass is 35.5. The van der Waals surface area contributed by atoms with Crippen molar-refractivity contribution in [2.24, 2.45) is 4.40 Å². The number of halogens is 6. The van der Waals surface area contributed by atoms with Gasteiger partial charge < -0.3 is 0 Å². The maximum Gasteiger partial charge on any atom is 0.213 e. The predicted octanol–water partition coefficient (Wildman–Crippen LogP) is 6.30. The van der Waals surface area contributed by atoms with Crippen molar-refractivity contribution in [1.29, 1.82) is 0 Å². The van der Waals surface area contributed by atoms with E-state index in [1.807, 2.05) is 0 Å². The van der Waals surface area contributed by atoms with Crippen LogP contribution in [0.5, 0.6) is 0 Å². The number of ketones is 1. The van der Waals surface area contributed by atoms with E-state index in [-0.39, 0.29) is 31.3 Å². The predicted molar refractivity (Wildman–Crippen MR) is 137 cm³/mol. The van der Waals surface area contributed by atoms with E-state index in [1.165, 1.54) is 0 Å². The van der Waals surface area contributed by atoms with E-state index in [9.17, 15) is 26.6 Å². The van der Waals surface area contributed by atoms with Gasteiger partial charge in [0.15, 0.2) is 17.4 Å². The first-order chi connectivity index (χ1) is 15.9. The van der Waals surface area contributed by atoms with Crippen LogP contribution in [0.3, 0.4) is 0 Å². The third-order valence-electron chi connectivity index (χ3n) is 3.96. The molecule has 2 aromatic heterocycles. The van der Waals surface area contributed by atoms with Gasteiger partial charge >= 0.3 is 0 Å². The van der Waals surface area contributed by atoms with E-state index in [2.05, 4.69) is 14.4 Å². The number of carbonyl (C=O) groups excluding carboxylic acids is 1. The molecule has 13 heteroatoms. The molecule has 196 valence electrons. The van der Waals surface area contributed by atoms with Gasteiger partial charge in [-0.2, -0.15) is 26.7 Å². The van der Waals surface area contributed by atoms with Crippen molar-refractivity contribution < 1.29 is 26.6 Å². The van der Waals surface area contributed by atoms with E-state index in [4.69, 9.17) is 23.2 Å². The van der Waals surface area contributed by atoms with Crippen molar-refractivity contribution >= 4 is 59.2 Å². The van der Waals surface area contributed by atoms with Gasteiger partial charge in [0.25, 0.3) is 0 Å². The molecule has 0 aliphatic carbocycles. The van der Waals surface area contributed by atoms with Gasteiger partial charge in [0.1, 0.15) is 22.4 Å². The van der Waals surface area contributed by atoms with Crippen LogP contribution in [0.2, 0.25) is 0 Å². The summed E-state index contributed by atoms with van der Waals surface area (Å²) in [6, 6.07) is 3.66. The van der Waals surface area contributed by atoms with Crippen LogP contribution in [-0.4, -0.2) is 42.2 Å². The first-order valence-corrected chi connectivity index (χ1v) is 12.4. The number of hydrogen-bond acceptors (Lipinski definition) is 4. The van der Waals surface area contributed by atoms with Crippen LogP contribution in [0, 0.1) is 23.5 Å². The lowest BCUT2D eigenvalue weighted by atomic mass is 10.1. The molecule has 0 aliphatic heterocycles. The molecule has 0 aliphatic rings. The molecule has 0 fully saturated rings. The number of nitrogens with zero attached hydrogens (tertiary/aromatic N) is 3. The summed E-state index contributed by atoms with van der Waals surface area (Å²) < 4.78 is 67.9. The van der Waals surface area contributed by atoms with E-state index < -0.39 is 50.7 Å². The Morgan fingerprint density at radius 3 is 1.83 bits per heavy atom. The molecule has 0 radical (unpaired) electrons. The molecule has 5 nitrogen and oxygen atoms in total. The van der Waals surface area contributed by atoms with Gasteiger partial charge in [-0.15, -0.1) is 23.2 Å². The molecule has 0 saturated heterocycles. The summed E-state index contributed by atoms with van der Waals surface area (Å²) in [4.78, 5) is 18.0. The van der Waals surface area contributed by atoms with Crippen molar-refractivity contribution in [1.82, 2.24) is 9.97 Å². The van der Waals surface area contributed by atoms with Gasteiger partial charge in [-0.05, 0) is 64.3 Å². The van der Waals surface area contributed by atoms with E-state index in [1.54, 1.807) is 20.8 Å². The first-order valence-electron chi connectivity index (χ1n) is 10.2. The number of hydrogen-bond donors (Lipinski definition) is 0. The quantitative estimate of drug-likeness (QED) is 0.115. The summed E-state index contributed by atoms with van der Waals surface area (Å²) in [6.45, 7) is 5.25. The lowest BCUT2D eigenvalue weighted by molar-refractivity contribution is 0.0971. The zero-order valence-corrected chi connectivity index (χ0v) is 22.7. The number of carbonyl (C=O) groups is 1. The second kappa shape index (κ2) is 16.2. The fourth-order valence-electron chi connectivity index (χ4n) is 2.26. The molecule has 0 bridgehead atoms. The average molecular weight is 577 g/mol. The number of pyridine rings is 2. The lowest BCUT2D eigenvalue weighted by Crippen LogP contribution is -2.22. The highest BCUT2D eigenvalue weighted by molar-refractivity contribution is 7.85. The van der Waals surface area contributed by atoms with Gasteiger partial charge in [-0.3, -0.25) is 4.79 Å². The van der Waals surface area contributed by atoms with Crippen LogP contribution in [-0.2, 0) is 11.0 Å². The normalized spacial score (nSPS) is 12.3. The van der Waals surface area contributed by atoms with Crippen molar-refractivity contribution in [2.75, 3.05) is 11.8 Å². The topological polar surface area (TPSA) is 72.3 Å². The number of alkyl halides is 2. The SMILES string of the molecule is CC(C)(C)[S@](=O)N=C(CCCCl)c1nc(F)ccc1F.O=C(CCCCl)c1nc(F)ccc1F.S. The summed E-state index contributed by atoms with van der Waals surface area (Å²) in [7, 11) is -1.57. The minimum atomic E-state index is -1.57. The Kier molecular flexibility index (Phi) is 15.5. The zero-order chi connectivity index (χ0) is 25.9. The molecule has 0 amide bonds. The van der Waals surface area contributed by atoms with Gasteiger partial charge in [-0.1, -0.05) is 0 Å². The van der Waals surface area contributed by atoms with Crippen LogP contribution >= 0.6 is 36.7 Å². The minimum absolute atomic E-state index is 0. The Morgan fingerprint density at radius 2 is 1.34 bits per heavy atom. The fourth-order valence-corrected chi connectivity index (χ4v) is 3.18. The van der Waals surface area contributed by atoms with E-state index >= 15 is 0 Å². The highest BCUT2D eigenvalue weighted by Gasteiger charge is 2.22. The number of rotatable bonds is 9. The number of aromatic nitrogens is 2. The molecule has 2 rings (SSSR count). The molecule has 0 spiro atoms. The summed E-state index contributed by atoms with van der Waals surface area (Å²) in [5, 5.41) is 0. The van der Waals surface area contributed by atoms with Crippen molar-refractivity contribution in [3.05, 3.63) is 59.2 Å². The Morgan fingerprint density at radius 1 is 0.886 bits per heavy atom. The largest absolute Gasteiger partial charge is 0.292 e. The van der Waals surface area contributed by atoms with Crippen molar-refractivity contribution in [3.63, 3.8) is 0 Å². The summed E-state index contributed by atoms with van der Waals surface area (Å²) >= 11 is 11.0. The minimum Gasteiger partial charge on any atom is -0.292 e. The molecule has 2 aromatic rings. The van der Waals surface area contributed by atoms with Gasteiger partial charge in [0.2, 0.25) is 11.9 Å². The van der Waals surface area contributed by atoms with Gasteiger partial charge in [0, 0.05) is 18.2 Å². The molecule has 0 N–H and O–H groups in total. The van der Waals surface area contributed by atoms with Crippen LogP contribution < -0.4 is 0 Å². The van der Waals surface area contributed by atoms with Crippen molar-refractivity contribution in [2.45, 2.75) is 51.2 Å². The van der Waals surface area contributed by atoms with Crippen LogP contribution in [0.1, 0.15) is 62.6 Å². The van der Waals surface area contributed by atoms with Gasteiger partial charge in [-0.25, -0.2) is 23.0 Å². The summed E-state index contributed by atoms with van der Waals surface area (Å²) in [5.41, 5.74) is -0.473. The number of Topliss-reactive ketones (excluding diaryl/α,β-unsaturated/α-hetero) is 1.